The first-order chi connectivity index (χ1) is 8.15. The number of carbonyl (C=O) groups excluding carboxylic acids is 1. The lowest BCUT2D eigenvalue weighted by Gasteiger charge is -2.03. The van der Waals surface area contributed by atoms with E-state index in [0.29, 0.717) is 10.7 Å². The topological polar surface area (TPSA) is 67.8 Å². The van der Waals surface area contributed by atoms with Crippen molar-refractivity contribution in [1.29, 1.82) is 0 Å². The molecule has 0 aliphatic rings. The molecule has 5 nitrogen and oxygen atoms in total. The van der Waals surface area contributed by atoms with E-state index in [9.17, 15) is 4.79 Å². The van der Waals surface area contributed by atoms with Crippen LogP contribution >= 0.6 is 23.2 Å². The summed E-state index contributed by atoms with van der Waals surface area (Å²) in [6.45, 7) is 0. The highest BCUT2D eigenvalue weighted by Crippen LogP contribution is 2.10. The van der Waals surface area contributed by atoms with Gasteiger partial charge in [0.1, 0.15) is 10.3 Å². The van der Waals surface area contributed by atoms with E-state index in [-0.39, 0.29) is 16.9 Å². The van der Waals surface area contributed by atoms with Crippen molar-refractivity contribution in [3.8, 4) is 0 Å². The largest absolute Gasteiger partial charge is 0.305 e. The average Bonchev–Trinajstić information content (AvgIpc) is 2.29. The summed E-state index contributed by atoms with van der Waals surface area (Å²) >= 11 is 11.3. The lowest BCUT2D eigenvalue weighted by Crippen LogP contribution is -2.13. The maximum Gasteiger partial charge on any atom is 0.258 e. The lowest BCUT2D eigenvalue weighted by atomic mass is 10.3. The minimum atomic E-state index is -0.356. The van der Waals surface area contributed by atoms with Crippen LogP contribution in [0.4, 0.5) is 5.82 Å². The molecular weight excluding hydrogens is 263 g/mol. The molecule has 2 aromatic heterocycles. The molecule has 1 amide bonds. The van der Waals surface area contributed by atoms with Crippen molar-refractivity contribution in [3.63, 3.8) is 0 Å². The van der Waals surface area contributed by atoms with Crippen LogP contribution in [0.1, 0.15) is 10.4 Å². The smallest absolute Gasteiger partial charge is 0.258 e. The van der Waals surface area contributed by atoms with Crippen LogP contribution in [0.15, 0.2) is 30.7 Å². The Kier molecular flexibility index (Phi) is 3.51. The summed E-state index contributed by atoms with van der Waals surface area (Å²) in [7, 11) is 0. The highest BCUT2D eigenvalue weighted by atomic mass is 35.5. The summed E-state index contributed by atoms with van der Waals surface area (Å²) in [5.41, 5.74) is 0.371. The normalized spacial score (nSPS) is 10.0. The summed E-state index contributed by atoms with van der Waals surface area (Å²) < 4.78 is 0. The Labute approximate surface area is 107 Å². The molecule has 0 aliphatic carbocycles. The molecule has 0 spiro atoms. The number of anilines is 1. The fourth-order valence-electron chi connectivity index (χ4n) is 1.10. The highest BCUT2D eigenvalue weighted by molar-refractivity contribution is 6.29. The Bertz CT molecular complexity index is 544. The van der Waals surface area contributed by atoms with Crippen LogP contribution in [-0.2, 0) is 0 Å². The van der Waals surface area contributed by atoms with Gasteiger partial charge in [-0.2, -0.15) is 0 Å². The van der Waals surface area contributed by atoms with Crippen LogP contribution in [0.5, 0.6) is 0 Å². The first-order valence-corrected chi connectivity index (χ1v) is 5.31. The number of amides is 1. The van der Waals surface area contributed by atoms with Crippen LogP contribution in [-0.4, -0.2) is 20.9 Å². The third-order valence-corrected chi connectivity index (χ3v) is 2.24. The van der Waals surface area contributed by atoms with Gasteiger partial charge >= 0.3 is 0 Å². The van der Waals surface area contributed by atoms with E-state index in [0.717, 1.165) is 0 Å². The summed E-state index contributed by atoms with van der Waals surface area (Å²) in [5, 5.41) is 3.07. The summed E-state index contributed by atoms with van der Waals surface area (Å²) in [6.07, 6.45) is 4.14. The van der Waals surface area contributed by atoms with Gasteiger partial charge in [-0.3, -0.25) is 9.78 Å². The molecule has 0 unspecified atom stereocenters. The predicted octanol–water partition coefficient (Wildman–Crippen LogP) is 2.43. The van der Waals surface area contributed by atoms with Gasteiger partial charge in [0, 0.05) is 6.20 Å². The number of halogens is 2. The second kappa shape index (κ2) is 5.07. The number of hydrogen-bond acceptors (Lipinski definition) is 4. The zero-order valence-electron chi connectivity index (χ0n) is 8.39. The Hall–Kier alpha value is -1.72. The van der Waals surface area contributed by atoms with E-state index in [1.807, 2.05) is 0 Å². The van der Waals surface area contributed by atoms with E-state index in [1.54, 1.807) is 6.07 Å². The number of carbonyl (C=O) groups is 1. The van der Waals surface area contributed by atoms with Crippen LogP contribution < -0.4 is 5.32 Å². The number of aromatic nitrogens is 3. The molecule has 7 heteroatoms. The molecule has 0 aromatic carbocycles. The van der Waals surface area contributed by atoms with Gasteiger partial charge in [-0.1, -0.05) is 23.2 Å². The minimum Gasteiger partial charge on any atom is -0.305 e. The molecule has 86 valence electrons. The Balaban J connectivity index is 2.14. The van der Waals surface area contributed by atoms with Crippen molar-refractivity contribution in [1.82, 2.24) is 15.0 Å². The molecule has 1 N–H and O–H groups in total. The fourth-order valence-corrected chi connectivity index (χ4v) is 1.36. The standard InChI is InChI=1S/C10H6Cl2N4O/c11-7-2-1-6(3-14-7)10(17)16-9-5-13-4-8(12)15-9/h1-5H,(H,15,16,17). The second-order valence-electron chi connectivity index (χ2n) is 3.05. The van der Waals surface area contributed by atoms with E-state index in [1.165, 1.54) is 24.7 Å². The number of nitrogens with one attached hydrogen (secondary N) is 1. The lowest BCUT2D eigenvalue weighted by molar-refractivity contribution is 0.102. The quantitative estimate of drug-likeness (QED) is 0.850. The Morgan fingerprint density at radius 3 is 2.59 bits per heavy atom. The molecule has 0 bridgehead atoms. The van der Waals surface area contributed by atoms with Gasteiger partial charge in [0.2, 0.25) is 0 Å². The zero-order chi connectivity index (χ0) is 12.3. The van der Waals surface area contributed by atoms with Crippen LogP contribution in [0.25, 0.3) is 0 Å². The van der Waals surface area contributed by atoms with E-state index in [4.69, 9.17) is 23.2 Å². The van der Waals surface area contributed by atoms with Crippen molar-refractivity contribution in [2.75, 3.05) is 5.32 Å². The number of pyridine rings is 1. The molecule has 0 radical (unpaired) electrons. The number of hydrogen-bond donors (Lipinski definition) is 1. The van der Waals surface area contributed by atoms with Gasteiger partial charge in [-0.05, 0) is 12.1 Å². The van der Waals surface area contributed by atoms with Crippen molar-refractivity contribution < 1.29 is 4.79 Å². The molecular formula is C10H6Cl2N4O. The van der Waals surface area contributed by atoms with E-state index in [2.05, 4.69) is 20.3 Å². The Morgan fingerprint density at radius 1 is 1.12 bits per heavy atom. The van der Waals surface area contributed by atoms with Crippen LogP contribution in [0.3, 0.4) is 0 Å². The number of rotatable bonds is 2. The summed E-state index contributed by atoms with van der Waals surface area (Å²) in [5.74, 6) is -0.0804. The number of nitrogens with zero attached hydrogens (tertiary/aromatic N) is 3. The van der Waals surface area contributed by atoms with Gasteiger partial charge < -0.3 is 5.32 Å². The van der Waals surface area contributed by atoms with Crippen molar-refractivity contribution in [2.24, 2.45) is 0 Å². The first-order valence-electron chi connectivity index (χ1n) is 4.55. The molecule has 17 heavy (non-hydrogen) atoms. The van der Waals surface area contributed by atoms with E-state index >= 15 is 0 Å². The van der Waals surface area contributed by atoms with E-state index < -0.39 is 0 Å². The first kappa shape index (κ1) is 11.8. The van der Waals surface area contributed by atoms with Gasteiger partial charge in [-0.25, -0.2) is 9.97 Å². The Morgan fingerprint density at radius 2 is 1.94 bits per heavy atom. The SMILES string of the molecule is O=C(Nc1cncc(Cl)n1)c1ccc(Cl)nc1. The van der Waals surface area contributed by atoms with Gasteiger partial charge in [-0.15, -0.1) is 0 Å². The maximum absolute atomic E-state index is 11.7. The molecule has 0 saturated carbocycles. The van der Waals surface area contributed by atoms with Gasteiger partial charge in [0.05, 0.1) is 18.0 Å². The molecule has 2 rings (SSSR count). The van der Waals surface area contributed by atoms with Crippen molar-refractivity contribution in [3.05, 3.63) is 46.6 Å². The molecule has 2 aromatic rings. The monoisotopic (exact) mass is 268 g/mol. The van der Waals surface area contributed by atoms with Crippen molar-refractivity contribution in [2.45, 2.75) is 0 Å². The summed E-state index contributed by atoms with van der Waals surface area (Å²) in [4.78, 5) is 23.2. The second-order valence-corrected chi connectivity index (χ2v) is 3.83. The molecule has 0 aliphatic heterocycles. The zero-order valence-corrected chi connectivity index (χ0v) is 9.90. The third-order valence-electron chi connectivity index (χ3n) is 1.84. The van der Waals surface area contributed by atoms with Crippen LogP contribution in [0, 0.1) is 0 Å². The predicted molar refractivity (Wildman–Crippen MR) is 64.2 cm³/mol. The minimum absolute atomic E-state index is 0.206. The van der Waals surface area contributed by atoms with Gasteiger partial charge in [0.25, 0.3) is 5.91 Å². The fraction of sp³-hybridized carbons (Fsp3) is 0. The third kappa shape index (κ3) is 3.12. The van der Waals surface area contributed by atoms with Crippen LogP contribution in [0.2, 0.25) is 10.3 Å². The molecule has 2 heterocycles. The van der Waals surface area contributed by atoms with Crippen molar-refractivity contribution >= 4 is 34.9 Å². The average molecular weight is 269 g/mol. The maximum atomic E-state index is 11.7. The summed E-state index contributed by atoms with van der Waals surface area (Å²) in [6, 6.07) is 3.09. The molecule has 0 fully saturated rings. The molecule has 0 atom stereocenters. The van der Waals surface area contributed by atoms with Gasteiger partial charge in [0.15, 0.2) is 5.82 Å². The molecule has 0 saturated heterocycles. The highest BCUT2D eigenvalue weighted by Gasteiger charge is 2.07.